The van der Waals surface area contributed by atoms with Gasteiger partial charge in [0.2, 0.25) is 5.91 Å². The molecule has 1 aliphatic carbocycles. The largest absolute Gasteiger partial charge is 0.493 e. The van der Waals surface area contributed by atoms with E-state index in [1.807, 2.05) is 13.8 Å². The number of carboxylic acid groups (broad SMARTS) is 1. The topological polar surface area (TPSA) is 84.9 Å². The van der Waals surface area contributed by atoms with Gasteiger partial charge in [-0.15, -0.1) is 0 Å². The molecular formula is C17H23NO5. The summed E-state index contributed by atoms with van der Waals surface area (Å²) >= 11 is 0. The minimum absolute atomic E-state index is 0.00522. The number of ether oxygens (including phenoxy) is 2. The molecule has 2 N–H and O–H groups in total. The molecule has 6 heteroatoms. The van der Waals surface area contributed by atoms with Gasteiger partial charge in [-0.2, -0.15) is 0 Å². The molecule has 0 saturated heterocycles. The molecule has 1 fully saturated rings. The molecule has 6 nitrogen and oxygen atoms in total. The molecule has 0 aliphatic heterocycles. The van der Waals surface area contributed by atoms with E-state index in [0.29, 0.717) is 30.0 Å². The fourth-order valence-electron chi connectivity index (χ4n) is 2.68. The summed E-state index contributed by atoms with van der Waals surface area (Å²) in [4.78, 5) is 23.5. The quantitative estimate of drug-likeness (QED) is 0.806. The van der Waals surface area contributed by atoms with Crippen LogP contribution in [0.25, 0.3) is 0 Å². The second-order valence-electron chi connectivity index (χ2n) is 6.20. The zero-order valence-corrected chi connectivity index (χ0v) is 13.7. The first kappa shape index (κ1) is 17.1. The molecule has 1 saturated carbocycles. The van der Waals surface area contributed by atoms with Gasteiger partial charge < -0.3 is 19.9 Å². The number of hydrogen-bond acceptors (Lipinski definition) is 4. The average Bonchev–Trinajstić information content (AvgIpc) is 2.42. The van der Waals surface area contributed by atoms with Crippen molar-refractivity contribution < 1.29 is 24.2 Å². The number of amides is 1. The highest BCUT2D eigenvalue weighted by Crippen LogP contribution is 2.44. The van der Waals surface area contributed by atoms with Crippen LogP contribution in [0.15, 0.2) is 18.2 Å². The number of carbonyl (C=O) groups excluding carboxylic acids is 1. The number of aliphatic carboxylic acids is 1. The van der Waals surface area contributed by atoms with Crippen LogP contribution in [0.1, 0.15) is 39.5 Å². The average molecular weight is 321 g/mol. The lowest BCUT2D eigenvalue weighted by atomic mass is 9.66. The Kier molecular flexibility index (Phi) is 5.13. The molecule has 2 rings (SSSR count). The fraction of sp³-hybridized carbons (Fsp3) is 0.529. The van der Waals surface area contributed by atoms with Crippen molar-refractivity contribution in [2.45, 2.75) is 45.6 Å². The Morgan fingerprint density at radius 3 is 2.48 bits per heavy atom. The maximum atomic E-state index is 12.2. The van der Waals surface area contributed by atoms with Crippen molar-refractivity contribution in [3.63, 3.8) is 0 Å². The van der Waals surface area contributed by atoms with Gasteiger partial charge in [-0.05, 0) is 38.8 Å². The van der Waals surface area contributed by atoms with Crippen LogP contribution in [0, 0.1) is 5.41 Å². The molecule has 1 aliphatic rings. The van der Waals surface area contributed by atoms with E-state index in [1.165, 1.54) is 0 Å². The van der Waals surface area contributed by atoms with Gasteiger partial charge in [-0.25, -0.2) is 0 Å². The van der Waals surface area contributed by atoms with Gasteiger partial charge in [-0.1, -0.05) is 6.42 Å². The number of hydrogen-bond donors (Lipinski definition) is 2. The van der Waals surface area contributed by atoms with E-state index in [1.54, 1.807) is 25.3 Å². The summed E-state index contributed by atoms with van der Waals surface area (Å²) < 4.78 is 10.9. The number of rotatable bonds is 7. The van der Waals surface area contributed by atoms with Crippen molar-refractivity contribution in [3.05, 3.63) is 18.2 Å². The Bertz CT molecular complexity index is 593. The van der Waals surface area contributed by atoms with Crippen LogP contribution in [0.3, 0.4) is 0 Å². The van der Waals surface area contributed by atoms with E-state index in [9.17, 15) is 14.7 Å². The van der Waals surface area contributed by atoms with Crippen LogP contribution in [0.4, 0.5) is 5.69 Å². The van der Waals surface area contributed by atoms with Gasteiger partial charge >= 0.3 is 5.97 Å². The standard InChI is InChI=1S/C17H23NO5/c1-11(2)23-14-9-12(5-6-13(14)22-3)18-15(19)10-17(16(20)21)7-4-8-17/h5-6,9,11H,4,7-8,10H2,1-3H3,(H,18,19)(H,20,21). The first-order valence-corrected chi connectivity index (χ1v) is 7.74. The van der Waals surface area contributed by atoms with Crippen LogP contribution in [0.2, 0.25) is 0 Å². The monoisotopic (exact) mass is 321 g/mol. The molecular weight excluding hydrogens is 298 g/mol. The third-order valence-electron chi connectivity index (χ3n) is 4.07. The summed E-state index contributed by atoms with van der Waals surface area (Å²) in [5, 5.41) is 12.0. The zero-order chi connectivity index (χ0) is 17.0. The third-order valence-corrected chi connectivity index (χ3v) is 4.07. The summed E-state index contributed by atoms with van der Waals surface area (Å²) in [6, 6.07) is 5.10. The van der Waals surface area contributed by atoms with Crippen LogP contribution in [-0.4, -0.2) is 30.2 Å². The molecule has 0 atom stereocenters. The minimum Gasteiger partial charge on any atom is -0.493 e. The lowest BCUT2D eigenvalue weighted by Gasteiger charge is -2.36. The predicted octanol–water partition coefficient (Wildman–Crippen LogP) is 3.07. The highest BCUT2D eigenvalue weighted by Gasteiger charge is 2.45. The van der Waals surface area contributed by atoms with Gasteiger partial charge in [0.1, 0.15) is 0 Å². The minimum atomic E-state index is -0.895. The summed E-state index contributed by atoms with van der Waals surface area (Å²) in [7, 11) is 1.55. The fourth-order valence-corrected chi connectivity index (χ4v) is 2.68. The normalized spacial score (nSPS) is 15.7. The molecule has 1 aromatic rings. The summed E-state index contributed by atoms with van der Waals surface area (Å²) in [5.41, 5.74) is -0.334. The Balaban J connectivity index is 2.07. The van der Waals surface area contributed by atoms with E-state index in [2.05, 4.69) is 5.32 Å². The maximum absolute atomic E-state index is 12.2. The second-order valence-corrected chi connectivity index (χ2v) is 6.20. The lowest BCUT2D eigenvalue weighted by Crippen LogP contribution is -2.41. The third kappa shape index (κ3) is 3.94. The van der Waals surface area contributed by atoms with Gasteiger partial charge in [0.25, 0.3) is 0 Å². The molecule has 0 unspecified atom stereocenters. The molecule has 0 bridgehead atoms. The zero-order valence-electron chi connectivity index (χ0n) is 13.7. The summed E-state index contributed by atoms with van der Waals surface area (Å²) in [5.74, 6) is -0.0696. The van der Waals surface area contributed by atoms with Crippen LogP contribution < -0.4 is 14.8 Å². The summed E-state index contributed by atoms with van der Waals surface area (Å²) in [6.07, 6.45) is 1.93. The SMILES string of the molecule is COc1ccc(NC(=O)CC2(C(=O)O)CCC2)cc1OC(C)C. The Morgan fingerprint density at radius 2 is 2.00 bits per heavy atom. The van der Waals surface area contributed by atoms with E-state index in [4.69, 9.17) is 9.47 Å². The van der Waals surface area contributed by atoms with Gasteiger partial charge in [0.15, 0.2) is 11.5 Å². The van der Waals surface area contributed by atoms with Crippen molar-refractivity contribution in [2.75, 3.05) is 12.4 Å². The van der Waals surface area contributed by atoms with E-state index >= 15 is 0 Å². The predicted molar refractivity (Wildman–Crippen MR) is 85.9 cm³/mol. The lowest BCUT2D eigenvalue weighted by molar-refractivity contribution is -0.157. The molecule has 0 aromatic heterocycles. The Hall–Kier alpha value is -2.24. The van der Waals surface area contributed by atoms with Crippen LogP contribution >= 0.6 is 0 Å². The highest BCUT2D eigenvalue weighted by atomic mass is 16.5. The van der Waals surface area contributed by atoms with Gasteiger partial charge in [0, 0.05) is 18.2 Å². The summed E-state index contributed by atoms with van der Waals surface area (Å²) in [6.45, 7) is 3.80. The number of carboxylic acids is 1. The van der Waals surface area contributed by atoms with Crippen molar-refractivity contribution in [1.82, 2.24) is 0 Å². The van der Waals surface area contributed by atoms with Gasteiger partial charge in [-0.3, -0.25) is 9.59 Å². The van der Waals surface area contributed by atoms with Crippen LogP contribution in [-0.2, 0) is 9.59 Å². The number of methoxy groups -OCH3 is 1. The molecule has 23 heavy (non-hydrogen) atoms. The first-order valence-electron chi connectivity index (χ1n) is 7.74. The van der Waals surface area contributed by atoms with E-state index in [-0.39, 0.29) is 18.4 Å². The maximum Gasteiger partial charge on any atom is 0.310 e. The van der Waals surface area contributed by atoms with Crippen molar-refractivity contribution in [2.24, 2.45) is 5.41 Å². The van der Waals surface area contributed by atoms with Crippen molar-refractivity contribution in [3.8, 4) is 11.5 Å². The van der Waals surface area contributed by atoms with Crippen LogP contribution in [0.5, 0.6) is 11.5 Å². The van der Waals surface area contributed by atoms with E-state index in [0.717, 1.165) is 6.42 Å². The number of benzene rings is 1. The first-order chi connectivity index (χ1) is 10.9. The van der Waals surface area contributed by atoms with Crippen molar-refractivity contribution in [1.29, 1.82) is 0 Å². The van der Waals surface area contributed by atoms with Crippen molar-refractivity contribution >= 4 is 17.6 Å². The highest BCUT2D eigenvalue weighted by molar-refractivity contribution is 5.94. The Labute approximate surface area is 135 Å². The number of nitrogens with one attached hydrogen (secondary N) is 1. The molecule has 0 radical (unpaired) electrons. The molecule has 0 spiro atoms. The molecule has 1 amide bonds. The number of anilines is 1. The molecule has 1 aromatic carbocycles. The van der Waals surface area contributed by atoms with Gasteiger partial charge in [0.05, 0.1) is 18.6 Å². The second kappa shape index (κ2) is 6.89. The smallest absolute Gasteiger partial charge is 0.310 e. The number of carbonyl (C=O) groups is 2. The molecule has 126 valence electrons. The van der Waals surface area contributed by atoms with E-state index < -0.39 is 11.4 Å². The molecule has 0 heterocycles. The Morgan fingerprint density at radius 1 is 1.30 bits per heavy atom.